The molecule has 0 spiro atoms. The van der Waals surface area contributed by atoms with E-state index >= 15 is 0 Å². The Morgan fingerprint density at radius 3 is 2.44 bits per heavy atom. The molecule has 94 valence electrons. The summed E-state index contributed by atoms with van der Waals surface area (Å²) in [6.45, 7) is 1.72. The molecule has 2 aromatic rings. The van der Waals surface area contributed by atoms with E-state index in [4.69, 9.17) is 5.73 Å². The lowest BCUT2D eigenvalue weighted by Gasteiger charge is -2.14. The van der Waals surface area contributed by atoms with Gasteiger partial charge in [0.15, 0.2) is 0 Å². The molecule has 3 N–H and O–H groups in total. The van der Waals surface area contributed by atoms with E-state index in [2.05, 4.69) is 0 Å². The van der Waals surface area contributed by atoms with Crippen LogP contribution in [-0.2, 0) is 0 Å². The van der Waals surface area contributed by atoms with E-state index in [1.807, 2.05) is 0 Å². The molecule has 2 rings (SSSR count). The maximum absolute atomic E-state index is 13.3. The molecule has 0 heterocycles. The van der Waals surface area contributed by atoms with E-state index in [1.165, 1.54) is 24.3 Å². The predicted octanol–water partition coefficient (Wildman–Crippen LogP) is 2.94. The lowest BCUT2D eigenvalue weighted by molar-refractivity contribution is 0.220. The van der Waals surface area contributed by atoms with E-state index in [-0.39, 0.29) is 11.3 Å². The Labute approximate surface area is 104 Å². The summed E-state index contributed by atoms with van der Waals surface area (Å²) in [5.74, 6) is -0.939. The molecular weight excluding hydrogens is 236 g/mol. The second-order valence-electron chi connectivity index (χ2n) is 4.24. The highest BCUT2D eigenvalue weighted by molar-refractivity contribution is 5.51. The SMILES string of the molecule is Cc1cc(F)cc(C(O)c2cc(F)ccc2N)c1. The van der Waals surface area contributed by atoms with Crippen molar-refractivity contribution in [2.24, 2.45) is 0 Å². The van der Waals surface area contributed by atoms with Gasteiger partial charge in [0.1, 0.15) is 17.7 Å². The van der Waals surface area contributed by atoms with Crippen LogP contribution in [-0.4, -0.2) is 5.11 Å². The van der Waals surface area contributed by atoms with Gasteiger partial charge in [-0.25, -0.2) is 8.78 Å². The van der Waals surface area contributed by atoms with Gasteiger partial charge in [0.05, 0.1) is 0 Å². The molecule has 0 radical (unpaired) electrons. The molecule has 0 fully saturated rings. The summed E-state index contributed by atoms with van der Waals surface area (Å²) in [7, 11) is 0. The predicted molar refractivity (Wildman–Crippen MR) is 66.0 cm³/mol. The van der Waals surface area contributed by atoms with Crippen molar-refractivity contribution in [1.29, 1.82) is 0 Å². The summed E-state index contributed by atoms with van der Waals surface area (Å²) in [4.78, 5) is 0. The Kier molecular flexibility index (Phi) is 3.30. The normalized spacial score (nSPS) is 12.4. The average molecular weight is 249 g/mol. The molecule has 0 aromatic heterocycles. The number of nitrogen functional groups attached to an aromatic ring is 1. The number of hydrogen-bond donors (Lipinski definition) is 2. The van der Waals surface area contributed by atoms with Gasteiger partial charge in [0.2, 0.25) is 0 Å². The number of benzene rings is 2. The smallest absolute Gasteiger partial charge is 0.123 e. The maximum Gasteiger partial charge on any atom is 0.123 e. The average Bonchev–Trinajstić information content (AvgIpc) is 2.30. The van der Waals surface area contributed by atoms with E-state index < -0.39 is 17.7 Å². The molecule has 1 atom stereocenters. The van der Waals surface area contributed by atoms with Crippen molar-refractivity contribution >= 4 is 5.69 Å². The molecule has 0 saturated carbocycles. The Hall–Kier alpha value is -1.94. The van der Waals surface area contributed by atoms with Crippen LogP contribution in [0.25, 0.3) is 0 Å². The first-order valence-electron chi connectivity index (χ1n) is 5.47. The molecule has 18 heavy (non-hydrogen) atoms. The van der Waals surface area contributed by atoms with Gasteiger partial charge < -0.3 is 10.8 Å². The highest BCUT2D eigenvalue weighted by Gasteiger charge is 2.15. The summed E-state index contributed by atoms with van der Waals surface area (Å²) in [6.07, 6.45) is -1.14. The lowest BCUT2D eigenvalue weighted by atomic mass is 9.98. The second-order valence-corrected chi connectivity index (χ2v) is 4.24. The zero-order chi connectivity index (χ0) is 13.3. The maximum atomic E-state index is 13.3. The molecule has 0 amide bonds. The highest BCUT2D eigenvalue weighted by atomic mass is 19.1. The van der Waals surface area contributed by atoms with Crippen molar-refractivity contribution < 1.29 is 13.9 Å². The zero-order valence-electron chi connectivity index (χ0n) is 9.82. The summed E-state index contributed by atoms with van der Waals surface area (Å²) in [5, 5.41) is 10.1. The molecule has 0 aliphatic heterocycles. The van der Waals surface area contributed by atoms with Crippen LogP contribution in [0.5, 0.6) is 0 Å². The third-order valence-corrected chi connectivity index (χ3v) is 2.72. The van der Waals surface area contributed by atoms with Crippen molar-refractivity contribution in [3.8, 4) is 0 Å². The molecule has 0 aliphatic rings. The number of aliphatic hydroxyl groups excluding tert-OH is 1. The largest absolute Gasteiger partial charge is 0.398 e. The molecule has 0 saturated heterocycles. The van der Waals surface area contributed by atoms with Crippen LogP contribution in [0.1, 0.15) is 22.8 Å². The van der Waals surface area contributed by atoms with Crippen LogP contribution < -0.4 is 5.73 Å². The minimum atomic E-state index is -1.14. The van der Waals surface area contributed by atoms with E-state index in [0.717, 1.165) is 6.07 Å². The van der Waals surface area contributed by atoms with Crippen LogP contribution in [0, 0.1) is 18.6 Å². The van der Waals surface area contributed by atoms with Crippen molar-refractivity contribution in [1.82, 2.24) is 0 Å². The summed E-state index contributed by atoms with van der Waals surface area (Å²) in [6, 6.07) is 7.94. The van der Waals surface area contributed by atoms with Crippen LogP contribution in [0.15, 0.2) is 36.4 Å². The number of aliphatic hydroxyl groups is 1. The Balaban J connectivity index is 2.47. The third-order valence-electron chi connectivity index (χ3n) is 2.72. The number of nitrogens with two attached hydrogens (primary N) is 1. The fourth-order valence-electron chi connectivity index (χ4n) is 1.88. The monoisotopic (exact) mass is 249 g/mol. The van der Waals surface area contributed by atoms with Gasteiger partial charge >= 0.3 is 0 Å². The van der Waals surface area contributed by atoms with Gasteiger partial charge in [0.25, 0.3) is 0 Å². The molecule has 4 heteroatoms. The van der Waals surface area contributed by atoms with E-state index in [0.29, 0.717) is 11.1 Å². The summed E-state index contributed by atoms with van der Waals surface area (Å²) >= 11 is 0. The van der Waals surface area contributed by atoms with Gasteiger partial charge in [-0.3, -0.25) is 0 Å². The first-order chi connectivity index (χ1) is 8.47. The first-order valence-corrected chi connectivity index (χ1v) is 5.47. The van der Waals surface area contributed by atoms with Crippen molar-refractivity contribution in [3.63, 3.8) is 0 Å². The highest BCUT2D eigenvalue weighted by Crippen LogP contribution is 2.28. The molecule has 0 bridgehead atoms. The minimum absolute atomic E-state index is 0.236. The molecule has 1 unspecified atom stereocenters. The number of anilines is 1. The van der Waals surface area contributed by atoms with Crippen molar-refractivity contribution in [2.75, 3.05) is 5.73 Å². The van der Waals surface area contributed by atoms with Crippen molar-refractivity contribution in [2.45, 2.75) is 13.0 Å². The van der Waals surface area contributed by atoms with Gasteiger partial charge in [-0.15, -0.1) is 0 Å². The summed E-state index contributed by atoms with van der Waals surface area (Å²) in [5.41, 5.74) is 7.22. The summed E-state index contributed by atoms with van der Waals surface area (Å²) < 4.78 is 26.4. The van der Waals surface area contributed by atoms with Crippen LogP contribution in [0.4, 0.5) is 14.5 Å². The van der Waals surface area contributed by atoms with Crippen LogP contribution in [0.2, 0.25) is 0 Å². The van der Waals surface area contributed by atoms with Crippen LogP contribution >= 0.6 is 0 Å². The fourth-order valence-corrected chi connectivity index (χ4v) is 1.88. The van der Waals surface area contributed by atoms with Gasteiger partial charge in [-0.2, -0.15) is 0 Å². The lowest BCUT2D eigenvalue weighted by Crippen LogP contribution is -2.05. The second kappa shape index (κ2) is 4.74. The van der Waals surface area contributed by atoms with Gasteiger partial charge in [-0.05, 0) is 48.4 Å². The minimum Gasteiger partial charge on any atom is -0.398 e. The number of aryl methyl sites for hydroxylation is 1. The van der Waals surface area contributed by atoms with Gasteiger partial charge in [0, 0.05) is 11.3 Å². The number of rotatable bonds is 2. The quantitative estimate of drug-likeness (QED) is 0.804. The standard InChI is InChI=1S/C14H13F2NO/c1-8-4-9(6-11(16)5-8)14(18)12-7-10(15)2-3-13(12)17/h2-7,14,18H,17H2,1H3. The molecule has 2 nitrogen and oxygen atoms in total. The topological polar surface area (TPSA) is 46.2 Å². The first kappa shape index (κ1) is 12.5. The molecular formula is C14H13F2NO. The number of halogens is 2. The fraction of sp³-hybridized carbons (Fsp3) is 0.143. The van der Waals surface area contributed by atoms with Gasteiger partial charge in [-0.1, -0.05) is 6.07 Å². The molecule has 0 aliphatic carbocycles. The number of hydrogen-bond acceptors (Lipinski definition) is 2. The van der Waals surface area contributed by atoms with Crippen molar-refractivity contribution in [3.05, 3.63) is 64.7 Å². The third kappa shape index (κ3) is 2.49. The van der Waals surface area contributed by atoms with E-state index in [9.17, 15) is 13.9 Å². The van der Waals surface area contributed by atoms with Crippen LogP contribution in [0.3, 0.4) is 0 Å². The Morgan fingerprint density at radius 1 is 1.06 bits per heavy atom. The van der Waals surface area contributed by atoms with E-state index in [1.54, 1.807) is 13.0 Å². The Bertz CT molecular complexity index is 564. The zero-order valence-corrected chi connectivity index (χ0v) is 9.82. The Morgan fingerprint density at radius 2 is 1.78 bits per heavy atom. The molecule has 2 aromatic carbocycles.